The number of carbonyl (C=O) groups excluding carboxylic acids is 1. The highest BCUT2D eigenvalue weighted by molar-refractivity contribution is 6.90. The Kier molecular flexibility index (Phi) is 22.9. The van der Waals surface area contributed by atoms with Gasteiger partial charge in [-0.1, -0.05) is 6.58 Å². The van der Waals surface area contributed by atoms with E-state index >= 15 is 0 Å². The topological polar surface area (TPSA) is 109 Å². The van der Waals surface area contributed by atoms with Crippen molar-refractivity contribution in [3.8, 4) is 0 Å². The van der Waals surface area contributed by atoms with Gasteiger partial charge in [-0.3, -0.25) is 0 Å². The molecule has 0 radical (unpaired) electrons. The van der Waals surface area contributed by atoms with Crippen LogP contribution in [0.25, 0.3) is 0 Å². The summed E-state index contributed by atoms with van der Waals surface area (Å²) < 4.78 is 63.7. The summed E-state index contributed by atoms with van der Waals surface area (Å²) in [5.74, 6) is -0.389. The van der Waals surface area contributed by atoms with E-state index in [1.807, 2.05) is 0 Å². The number of rotatable bonds is 29. The van der Waals surface area contributed by atoms with E-state index in [-0.39, 0.29) is 12.6 Å². The van der Waals surface area contributed by atoms with Crippen molar-refractivity contribution in [3.63, 3.8) is 0 Å². The van der Waals surface area contributed by atoms with E-state index in [1.54, 1.807) is 6.92 Å². The molecule has 0 N–H and O–H groups in total. The van der Waals surface area contributed by atoms with Crippen LogP contribution in [0.4, 0.5) is 0 Å². The predicted molar refractivity (Wildman–Crippen MR) is 228 cm³/mol. The monoisotopic (exact) mass is 866 g/mol. The highest BCUT2D eigenvalue weighted by atomic mass is 28.5. The minimum absolute atomic E-state index is 0.247. The van der Waals surface area contributed by atoms with Gasteiger partial charge in [-0.25, -0.2) is 4.79 Å². The van der Waals surface area contributed by atoms with Gasteiger partial charge in [0.05, 0.1) is 6.61 Å². The van der Waals surface area contributed by atoms with Crippen LogP contribution >= 0.6 is 0 Å². The molecule has 0 saturated heterocycles. The second kappa shape index (κ2) is 22.4. The molecule has 49 heavy (non-hydrogen) atoms. The van der Waals surface area contributed by atoms with E-state index in [0.29, 0.717) is 37.9 Å². The zero-order valence-corrected chi connectivity index (χ0v) is 45.4. The van der Waals surface area contributed by atoms with Gasteiger partial charge in [0.2, 0.25) is 0 Å². The highest BCUT2D eigenvalue weighted by Crippen LogP contribution is 2.33. The van der Waals surface area contributed by atoms with Crippen LogP contribution in [0.15, 0.2) is 12.2 Å². The molecule has 0 aromatic carbocycles. The van der Waals surface area contributed by atoms with E-state index in [9.17, 15) is 4.79 Å². The molecule has 0 bridgehead atoms. The summed E-state index contributed by atoms with van der Waals surface area (Å²) in [4.78, 5) is 12.2. The minimum Gasteiger partial charge on any atom is -0.462 e. The summed E-state index contributed by atoms with van der Waals surface area (Å²) in [5.41, 5.74) is 0.382. The predicted octanol–water partition coefficient (Wildman–Crippen LogP) is 5.70. The summed E-state index contributed by atoms with van der Waals surface area (Å²) in [6.07, 6.45) is 0.569. The molecule has 0 spiro atoms. The molecule has 0 fully saturated rings. The first-order valence-corrected chi connectivity index (χ1v) is 42.6. The van der Waals surface area contributed by atoms with Gasteiger partial charge in [-0.05, 0) is 130 Å². The van der Waals surface area contributed by atoms with Crippen LogP contribution < -0.4 is 0 Å². The molecule has 0 aliphatic carbocycles. The Morgan fingerprint density at radius 2 is 0.816 bits per heavy atom. The van der Waals surface area contributed by atoms with E-state index in [4.69, 9.17) is 42.7 Å². The van der Waals surface area contributed by atoms with Gasteiger partial charge in [-0.15, -0.1) is 0 Å². The minimum atomic E-state index is -3.33. The Labute approximate surface area is 314 Å². The van der Waals surface area contributed by atoms with E-state index in [1.165, 1.54) is 0 Å². The fraction of sp³-hybridized carbons (Fsp3) is 0.893. The van der Waals surface area contributed by atoms with Crippen LogP contribution in [-0.2, 0) is 47.5 Å². The maximum atomic E-state index is 12.2. The first kappa shape index (κ1) is 50.0. The van der Waals surface area contributed by atoms with Gasteiger partial charge >= 0.3 is 14.8 Å². The van der Waals surface area contributed by atoms with Gasteiger partial charge in [-0.2, -0.15) is 0 Å². The molecule has 0 aromatic rings. The number of ether oxygens (including phenoxy) is 1. The molecule has 0 heterocycles. The van der Waals surface area contributed by atoms with Crippen molar-refractivity contribution in [1.29, 1.82) is 0 Å². The van der Waals surface area contributed by atoms with Crippen LogP contribution in [0.2, 0.25) is 122 Å². The smallest absolute Gasteiger partial charge is 0.462 e. The van der Waals surface area contributed by atoms with Crippen molar-refractivity contribution in [1.82, 2.24) is 0 Å². The second-order valence-electron chi connectivity index (χ2n) is 17.4. The second-order valence-corrected chi connectivity index (χ2v) is 51.8. The lowest BCUT2D eigenvalue weighted by Gasteiger charge is -2.45. The van der Waals surface area contributed by atoms with Crippen LogP contribution in [0.5, 0.6) is 0 Å². The van der Waals surface area contributed by atoms with Crippen LogP contribution in [0.3, 0.4) is 0 Å². The van der Waals surface area contributed by atoms with Crippen LogP contribution in [0, 0.1) is 0 Å². The lowest BCUT2D eigenvalue weighted by Crippen LogP contribution is -2.62. The van der Waals surface area contributed by atoms with Crippen molar-refractivity contribution in [2.24, 2.45) is 0 Å². The lowest BCUT2D eigenvalue weighted by atomic mass is 10.4. The summed E-state index contributed by atoms with van der Waals surface area (Å²) in [6, 6.07) is 2.96. The Morgan fingerprint density at radius 1 is 0.510 bits per heavy atom. The van der Waals surface area contributed by atoms with Crippen LogP contribution in [0.1, 0.15) is 13.3 Å². The summed E-state index contributed by atoms with van der Waals surface area (Å²) >= 11 is 0. The maximum absolute atomic E-state index is 12.2. The normalized spacial score (nSPS) is 15.7. The van der Waals surface area contributed by atoms with Crippen molar-refractivity contribution in [2.75, 3.05) is 26.4 Å². The van der Waals surface area contributed by atoms with Gasteiger partial charge in [0.1, 0.15) is 0 Å². The SMILES string of the molecule is C=C(C)C(=O)OCCC[Si](O[Si](C)(C)CCO[SiH2]O[Si](C)(C)C)(O[Si](C)(C)CCO[SiH2]O[Si](C)(C)C)O[Si](C)(C)CCO[SiH2]O[Si](C)(C)C. The Balaban J connectivity index is 6.18. The Morgan fingerprint density at radius 3 is 1.08 bits per heavy atom. The fourth-order valence-electron chi connectivity index (χ4n) is 3.99. The Bertz CT molecular complexity index is 875. The molecule has 0 atom stereocenters. The highest BCUT2D eigenvalue weighted by Gasteiger charge is 2.52. The van der Waals surface area contributed by atoms with E-state index < -0.39 is 88.7 Å². The number of hydrogen-bond acceptors (Lipinski definition) is 11. The van der Waals surface area contributed by atoms with Crippen molar-refractivity contribution in [2.45, 2.75) is 136 Å². The molecule has 0 unspecified atom stereocenters. The van der Waals surface area contributed by atoms with E-state index in [0.717, 1.165) is 18.1 Å². The van der Waals surface area contributed by atoms with Crippen molar-refractivity contribution >= 4 is 94.7 Å². The van der Waals surface area contributed by atoms with Gasteiger partial charge in [0.15, 0.2) is 49.9 Å². The molecule has 0 saturated carbocycles. The first-order chi connectivity index (χ1) is 22.1. The standard InChI is InChI=1S/C28H74O11Si10/c1-27(2)28(29)30-19-18-23-49(37-46(12,13)24-20-31-40-34-43(3,4)5,38-47(14,15)25-21-32-41-35-44(6,7)8)39-48(16,17)26-22-33-42-36-45(9,10)11/h1,18-26,40-42H2,2-17H3. The third kappa shape index (κ3) is 29.1. The van der Waals surface area contributed by atoms with Crippen molar-refractivity contribution in [3.05, 3.63) is 12.2 Å². The molecule has 292 valence electrons. The number of carbonyl (C=O) groups is 1. The summed E-state index contributed by atoms with van der Waals surface area (Å²) in [5, 5.41) is 0. The quantitative estimate of drug-likeness (QED) is 0.0400. The zero-order valence-electron chi connectivity index (χ0n) is 34.2. The molecule has 0 aliphatic heterocycles. The van der Waals surface area contributed by atoms with Crippen molar-refractivity contribution < 1.29 is 47.5 Å². The number of esters is 1. The molecule has 0 rings (SSSR count). The number of hydrogen-bond donors (Lipinski definition) is 0. The first-order valence-electron chi connectivity index (χ1n) is 17.6. The Hall–Kier alpha value is 1.02. The molecule has 0 aliphatic rings. The zero-order chi connectivity index (χ0) is 38.2. The lowest BCUT2D eigenvalue weighted by molar-refractivity contribution is -0.139. The van der Waals surface area contributed by atoms with Crippen LogP contribution in [-0.4, -0.2) is 121 Å². The average molecular weight is 868 g/mol. The van der Waals surface area contributed by atoms with Gasteiger partial charge in [0.25, 0.3) is 30.0 Å². The molecule has 0 aromatic heterocycles. The largest absolute Gasteiger partial charge is 0.469 e. The molecular weight excluding hydrogens is 793 g/mol. The third-order valence-corrected chi connectivity index (χ3v) is 35.5. The third-order valence-electron chi connectivity index (χ3n) is 6.78. The van der Waals surface area contributed by atoms with E-state index in [2.05, 4.69) is 105 Å². The average Bonchev–Trinajstić information content (AvgIpc) is 2.87. The van der Waals surface area contributed by atoms with Gasteiger partial charge in [0, 0.05) is 31.4 Å². The van der Waals surface area contributed by atoms with Gasteiger partial charge < -0.3 is 42.7 Å². The molecule has 11 nitrogen and oxygen atoms in total. The molecule has 0 amide bonds. The fourth-order valence-corrected chi connectivity index (χ4v) is 27.6. The maximum Gasteiger partial charge on any atom is 0.469 e. The molecule has 21 heteroatoms. The summed E-state index contributed by atoms with van der Waals surface area (Å²) in [6.45, 7) is 40.4. The summed E-state index contributed by atoms with van der Waals surface area (Å²) in [7, 11) is -18.3. The molecular formula is C28H74O11Si10.